The maximum absolute atomic E-state index is 8.53. The van der Waals surface area contributed by atoms with Crippen LogP contribution in [0, 0.1) is 0 Å². The number of hydrogen-bond donors (Lipinski definition) is 1. The van der Waals surface area contributed by atoms with Crippen LogP contribution in [-0.2, 0) is 0 Å². The fourth-order valence-electron chi connectivity index (χ4n) is 1.47. The highest BCUT2D eigenvalue weighted by molar-refractivity contribution is 5.02. The van der Waals surface area contributed by atoms with Crippen molar-refractivity contribution in [3.63, 3.8) is 0 Å². The van der Waals surface area contributed by atoms with Gasteiger partial charge in [0.1, 0.15) is 0 Å². The Labute approximate surface area is 94.9 Å². The van der Waals surface area contributed by atoms with Crippen molar-refractivity contribution in [1.82, 2.24) is 0 Å². The van der Waals surface area contributed by atoms with Gasteiger partial charge >= 0.3 is 0 Å². The van der Waals surface area contributed by atoms with Gasteiger partial charge in [-0.3, -0.25) is 0 Å². The molecule has 0 atom stereocenters. The molecule has 1 heteroatoms. The van der Waals surface area contributed by atoms with E-state index in [-0.39, 0.29) is 6.61 Å². The Morgan fingerprint density at radius 1 is 0.800 bits per heavy atom. The molecule has 0 aliphatic heterocycles. The maximum Gasteiger partial charge on any atom is 0.0465 e. The number of hydrogen-bond acceptors (Lipinski definition) is 1. The SMILES string of the molecule is CCCCCCCC/C=C\C=C/CCO. The Hall–Kier alpha value is -0.560. The van der Waals surface area contributed by atoms with Crippen molar-refractivity contribution in [2.75, 3.05) is 6.61 Å². The second-order valence-corrected chi connectivity index (χ2v) is 3.93. The van der Waals surface area contributed by atoms with Crippen LogP contribution in [0.25, 0.3) is 0 Å². The van der Waals surface area contributed by atoms with Gasteiger partial charge in [-0.05, 0) is 19.3 Å². The Bertz CT molecular complexity index is 159. The van der Waals surface area contributed by atoms with E-state index in [1.165, 1.54) is 44.9 Å². The number of aliphatic hydroxyl groups excluding tert-OH is 1. The molecule has 0 aromatic heterocycles. The van der Waals surface area contributed by atoms with E-state index >= 15 is 0 Å². The zero-order chi connectivity index (χ0) is 11.2. The maximum atomic E-state index is 8.53. The Morgan fingerprint density at radius 2 is 1.40 bits per heavy atom. The first-order chi connectivity index (χ1) is 7.41. The zero-order valence-electron chi connectivity index (χ0n) is 10.1. The van der Waals surface area contributed by atoms with Crippen LogP contribution in [0.4, 0.5) is 0 Å². The van der Waals surface area contributed by atoms with E-state index in [0.717, 1.165) is 6.42 Å². The number of rotatable bonds is 10. The third-order valence-corrected chi connectivity index (χ3v) is 2.40. The highest BCUT2D eigenvalue weighted by Gasteiger charge is 1.87. The van der Waals surface area contributed by atoms with Crippen molar-refractivity contribution in [3.8, 4) is 0 Å². The summed E-state index contributed by atoms with van der Waals surface area (Å²) in [5.74, 6) is 0. The molecule has 0 fully saturated rings. The molecule has 0 aromatic carbocycles. The predicted octanol–water partition coefficient (Wildman–Crippen LogP) is 4.23. The van der Waals surface area contributed by atoms with Crippen LogP contribution in [0.5, 0.6) is 0 Å². The second-order valence-electron chi connectivity index (χ2n) is 3.93. The highest BCUT2D eigenvalue weighted by Crippen LogP contribution is 2.07. The minimum Gasteiger partial charge on any atom is -0.396 e. The van der Waals surface area contributed by atoms with E-state index in [2.05, 4.69) is 19.1 Å². The van der Waals surface area contributed by atoms with Gasteiger partial charge < -0.3 is 5.11 Å². The van der Waals surface area contributed by atoms with Crippen LogP contribution in [-0.4, -0.2) is 11.7 Å². The summed E-state index contributed by atoms with van der Waals surface area (Å²) in [6.07, 6.45) is 18.5. The Balaban J connectivity index is 3.09. The molecule has 0 radical (unpaired) electrons. The lowest BCUT2D eigenvalue weighted by Crippen LogP contribution is -1.77. The molecule has 1 nitrogen and oxygen atoms in total. The molecule has 0 saturated heterocycles. The number of aliphatic hydroxyl groups is 1. The molecule has 0 rings (SSSR count). The average molecular weight is 210 g/mol. The summed E-state index contributed by atoms with van der Waals surface area (Å²) >= 11 is 0. The van der Waals surface area contributed by atoms with E-state index in [9.17, 15) is 0 Å². The summed E-state index contributed by atoms with van der Waals surface area (Å²) in [5.41, 5.74) is 0. The molecule has 0 saturated carbocycles. The fraction of sp³-hybridized carbons (Fsp3) is 0.714. The summed E-state index contributed by atoms with van der Waals surface area (Å²) < 4.78 is 0. The van der Waals surface area contributed by atoms with Crippen LogP contribution in [0.15, 0.2) is 24.3 Å². The van der Waals surface area contributed by atoms with E-state index in [1.54, 1.807) is 0 Å². The third-order valence-electron chi connectivity index (χ3n) is 2.40. The summed E-state index contributed by atoms with van der Waals surface area (Å²) in [7, 11) is 0. The molecule has 0 aromatic rings. The molecule has 0 bridgehead atoms. The molecule has 88 valence electrons. The molecule has 0 spiro atoms. The molecule has 0 unspecified atom stereocenters. The minimum atomic E-state index is 0.252. The van der Waals surface area contributed by atoms with Crippen LogP contribution in [0.3, 0.4) is 0 Å². The van der Waals surface area contributed by atoms with Gasteiger partial charge in [-0.1, -0.05) is 63.3 Å². The number of allylic oxidation sites excluding steroid dienone is 3. The normalized spacial score (nSPS) is 11.9. The minimum absolute atomic E-state index is 0.252. The zero-order valence-corrected chi connectivity index (χ0v) is 10.1. The van der Waals surface area contributed by atoms with Crippen molar-refractivity contribution in [1.29, 1.82) is 0 Å². The first-order valence-electron chi connectivity index (χ1n) is 6.34. The molecular formula is C14H26O. The molecule has 15 heavy (non-hydrogen) atoms. The Kier molecular flexibility index (Phi) is 12.9. The largest absolute Gasteiger partial charge is 0.396 e. The third kappa shape index (κ3) is 13.4. The van der Waals surface area contributed by atoms with E-state index < -0.39 is 0 Å². The van der Waals surface area contributed by atoms with Crippen LogP contribution in [0.1, 0.15) is 58.3 Å². The van der Waals surface area contributed by atoms with Crippen molar-refractivity contribution >= 4 is 0 Å². The second kappa shape index (κ2) is 13.4. The molecule has 0 heterocycles. The molecular weight excluding hydrogens is 184 g/mol. The Morgan fingerprint density at radius 3 is 2.07 bits per heavy atom. The fourth-order valence-corrected chi connectivity index (χ4v) is 1.47. The summed E-state index contributed by atoms with van der Waals surface area (Å²) in [6.45, 7) is 2.50. The van der Waals surface area contributed by atoms with Gasteiger partial charge in [-0.2, -0.15) is 0 Å². The smallest absolute Gasteiger partial charge is 0.0465 e. The van der Waals surface area contributed by atoms with Crippen molar-refractivity contribution < 1.29 is 5.11 Å². The van der Waals surface area contributed by atoms with Gasteiger partial charge in [0.2, 0.25) is 0 Å². The summed E-state index contributed by atoms with van der Waals surface area (Å²) in [6, 6.07) is 0. The van der Waals surface area contributed by atoms with E-state index in [0.29, 0.717) is 0 Å². The van der Waals surface area contributed by atoms with Gasteiger partial charge in [0, 0.05) is 6.61 Å². The lowest BCUT2D eigenvalue weighted by Gasteiger charge is -1.97. The first-order valence-corrected chi connectivity index (χ1v) is 6.34. The van der Waals surface area contributed by atoms with Crippen LogP contribution < -0.4 is 0 Å². The topological polar surface area (TPSA) is 20.2 Å². The molecule has 0 aliphatic rings. The molecule has 0 aliphatic carbocycles. The first kappa shape index (κ1) is 14.4. The molecule has 0 amide bonds. The van der Waals surface area contributed by atoms with Gasteiger partial charge in [0.15, 0.2) is 0 Å². The molecule has 1 N–H and O–H groups in total. The van der Waals surface area contributed by atoms with Crippen LogP contribution >= 0.6 is 0 Å². The van der Waals surface area contributed by atoms with Crippen molar-refractivity contribution in [3.05, 3.63) is 24.3 Å². The highest BCUT2D eigenvalue weighted by atomic mass is 16.2. The van der Waals surface area contributed by atoms with Crippen LogP contribution in [0.2, 0.25) is 0 Å². The van der Waals surface area contributed by atoms with Gasteiger partial charge in [0.25, 0.3) is 0 Å². The lowest BCUT2D eigenvalue weighted by molar-refractivity contribution is 0.302. The average Bonchev–Trinajstić information content (AvgIpc) is 2.26. The van der Waals surface area contributed by atoms with Gasteiger partial charge in [-0.25, -0.2) is 0 Å². The monoisotopic (exact) mass is 210 g/mol. The van der Waals surface area contributed by atoms with Crippen molar-refractivity contribution in [2.24, 2.45) is 0 Å². The van der Waals surface area contributed by atoms with E-state index in [1.807, 2.05) is 12.2 Å². The van der Waals surface area contributed by atoms with E-state index in [4.69, 9.17) is 5.11 Å². The van der Waals surface area contributed by atoms with Gasteiger partial charge in [0.05, 0.1) is 0 Å². The number of unbranched alkanes of at least 4 members (excludes halogenated alkanes) is 6. The lowest BCUT2D eigenvalue weighted by atomic mass is 10.1. The predicted molar refractivity (Wildman–Crippen MR) is 68.0 cm³/mol. The standard InChI is InChI=1S/C14H26O/c1-2-3-4-5-6-7-8-9-10-11-12-13-14-15/h9-12,15H,2-8,13-14H2,1H3/b10-9-,12-11-. The quantitative estimate of drug-likeness (QED) is 0.422. The summed E-state index contributed by atoms with van der Waals surface area (Å²) in [5, 5.41) is 8.53. The van der Waals surface area contributed by atoms with Gasteiger partial charge in [-0.15, -0.1) is 0 Å². The summed E-state index contributed by atoms with van der Waals surface area (Å²) in [4.78, 5) is 0. The van der Waals surface area contributed by atoms with Crippen molar-refractivity contribution in [2.45, 2.75) is 58.3 Å².